The highest BCUT2D eigenvalue weighted by atomic mass is 19.3. The summed E-state index contributed by atoms with van der Waals surface area (Å²) in [5.41, 5.74) is 0. The van der Waals surface area contributed by atoms with Gasteiger partial charge in [-0.25, -0.2) is 17.6 Å². The van der Waals surface area contributed by atoms with Crippen molar-refractivity contribution in [2.45, 2.75) is 31.0 Å². The largest absolute Gasteiger partial charge is 0.387 e. The van der Waals surface area contributed by atoms with E-state index >= 15 is 0 Å². The molecule has 80 valence electrons. The Bertz CT molecular complexity index is 158. The third-order valence-electron chi connectivity index (χ3n) is 1.18. The fourth-order valence-electron chi connectivity index (χ4n) is 0.505. The van der Waals surface area contributed by atoms with Crippen molar-refractivity contribution >= 4 is 0 Å². The van der Waals surface area contributed by atoms with Crippen molar-refractivity contribution in [3.8, 4) is 0 Å². The number of aliphatic hydroxyl groups is 2. The van der Waals surface area contributed by atoms with Crippen LogP contribution in [0, 0.1) is 0 Å². The van der Waals surface area contributed by atoms with Crippen molar-refractivity contribution in [3.05, 3.63) is 0 Å². The summed E-state index contributed by atoms with van der Waals surface area (Å²) >= 11 is 0. The van der Waals surface area contributed by atoms with Crippen molar-refractivity contribution in [3.63, 3.8) is 0 Å². The second-order valence-electron chi connectivity index (χ2n) is 2.25. The quantitative estimate of drug-likeness (QED) is 0.679. The molecule has 13 heavy (non-hydrogen) atoms. The Balaban J connectivity index is 4.34. The van der Waals surface area contributed by atoms with E-state index in [0.29, 0.717) is 0 Å². The fourth-order valence-corrected chi connectivity index (χ4v) is 0.505. The van der Waals surface area contributed by atoms with E-state index in [2.05, 4.69) is 0 Å². The van der Waals surface area contributed by atoms with Crippen LogP contribution in [0.4, 0.5) is 26.3 Å². The van der Waals surface area contributed by atoms with Crippen molar-refractivity contribution in [2.75, 3.05) is 0 Å². The number of hydrogen-bond acceptors (Lipinski definition) is 2. The zero-order valence-electron chi connectivity index (χ0n) is 5.97. The molecular formula is C5H6F6O2. The Kier molecular flexibility index (Phi) is 3.98. The summed E-state index contributed by atoms with van der Waals surface area (Å²) in [4.78, 5) is 0. The third kappa shape index (κ3) is 3.39. The number of halogens is 6. The van der Waals surface area contributed by atoms with E-state index in [1.54, 1.807) is 0 Å². The first-order valence-corrected chi connectivity index (χ1v) is 3.02. The molecule has 0 aliphatic carbocycles. The van der Waals surface area contributed by atoms with Gasteiger partial charge in [0.05, 0.1) is 0 Å². The van der Waals surface area contributed by atoms with Gasteiger partial charge in [0.1, 0.15) is 0 Å². The van der Waals surface area contributed by atoms with Gasteiger partial charge in [-0.05, 0) is 0 Å². The predicted octanol–water partition coefficient (Wildman–Crippen LogP) is 0.874. The maximum absolute atomic E-state index is 12.1. The van der Waals surface area contributed by atoms with Crippen LogP contribution < -0.4 is 0 Å². The number of alkyl halides is 6. The molecule has 0 aromatic carbocycles. The lowest BCUT2D eigenvalue weighted by molar-refractivity contribution is -0.260. The summed E-state index contributed by atoms with van der Waals surface area (Å²) in [5, 5.41) is 15.3. The number of hydrogen-bond donors (Lipinski definition) is 2. The van der Waals surface area contributed by atoms with Crippen LogP contribution in [0.1, 0.15) is 0 Å². The third-order valence-corrected chi connectivity index (χ3v) is 1.18. The predicted molar refractivity (Wildman–Crippen MR) is 29.0 cm³/mol. The van der Waals surface area contributed by atoms with Crippen LogP contribution in [0.25, 0.3) is 0 Å². The minimum atomic E-state index is -5.11. The number of aliphatic hydroxyl groups excluding tert-OH is 1. The molecule has 2 nitrogen and oxygen atoms in total. The van der Waals surface area contributed by atoms with E-state index in [1.807, 2.05) is 0 Å². The van der Waals surface area contributed by atoms with Gasteiger partial charge < -0.3 is 10.2 Å². The monoisotopic (exact) mass is 212 g/mol. The van der Waals surface area contributed by atoms with Gasteiger partial charge >= 0.3 is 6.11 Å². The molecule has 0 radical (unpaired) electrons. The summed E-state index contributed by atoms with van der Waals surface area (Å²) < 4.78 is 70.8. The Morgan fingerprint density at radius 3 is 1.54 bits per heavy atom. The summed E-state index contributed by atoms with van der Waals surface area (Å²) in [6, 6.07) is 0. The molecule has 0 saturated heterocycles. The molecule has 0 spiro atoms. The molecule has 0 aliphatic heterocycles. The van der Waals surface area contributed by atoms with E-state index in [0.717, 1.165) is 0 Å². The van der Waals surface area contributed by atoms with Crippen molar-refractivity contribution in [2.24, 2.45) is 0 Å². The van der Waals surface area contributed by atoms with Crippen molar-refractivity contribution in [1.29, 1.82) is 0 Å². The molecule has 0 amide bonds. The second kappa shape index (κ2) is 4.14. The molecule has 8 heteroatoms. The van der Waals surface area contributed by atoms with E-state index in [1.165, 1.54) is 0 Å². The molecular weight excluding hydrogens is 206 g/mol. The van der Waals surface area contributed by atoms with Crippen LogP contribution in [0.2, 0.25) is 0 Å². The average Bonchev–Trinajstić information content (AvgIpc) is 1.98. The first-order chi connectivity index (χ1) is 5.68. The van der Waals surface area contributed by atoms with Crippen LogP contribution in [0.3, 0.4) is 0 Å². The van der Waals surface area contributed by atoms with Crippen LogP contribution in [-0.2, 0) is 0 Å². The van der Waals surface area contributed by atoms with Gasteiger partial charge in [0, 0.05) is 0 Å². The lowest BCUT2D eigenvalue weighted by Crippen LogP contribution is -2.44. The Labute approximate surface area is 68.8 Å². The molecule has 0 aliphatic rings. The van der Waals surface area contributed by atoms with Crippen LogP contribution >= 0.6 is 0 Å². The molecule has 0 rings (SSSR count). The van der Waals surface area contributed by atoms with Crippen molar-refractivity contribution < 1.29 is 36.6 Å². The maximum atomic E-state index is 12.1. The highest BCUT2D eigenvalue weighted by molar-refractivity contribution is 4.82. The van der Waals surface area contributed by atoms with E-state index < -0.39 is 31.0 Å². The van der Waals surface area contributed by atoms with Crippen molar-refractivity contribution in [1.82, 2.24) is 0 Å². The van der Waals surface area contributed by atoms with E-state index in [9.17, 15) is 26.3 Å². The minimum absolute atomic E-state index is 3.42. The standard InChI is InChI=1S/C5H6F6O2/c6-1(2(7)4(9)12)3(8)5(10,11)13/h1-4,12-13H. The molecule has 4 atom stereocenters. The van der Waals surface area contributed by atoms with E-state index in [-0.39, 0.29) is 0 Å². The molecule has 0 aromatic heterocycles. The molecule has 0 aromatic rings. The first-order valence-electron chi connectivity index (χ1n) is 3.02. The zero-order chi connectivity index (χ0) is 10.8. The van der Waals surface area contributed by atoms with Gasteiger partial charge in [-0.15, -0.1) is 0 Å². The van der Waals surface area contributed by atoms with Crippen LogP contribution in [0.15, 0.2) is 0 Å². The number of rotatable bonds is 4. The Morgan fingerprint density at radius 2 is 1.31 bits per heavy atom. The molecule has 0 heterocycles. The summed E-state index contributed by atoms with van der Waals surface area (Å²) in [6.45, 7) is 0. The fraction of sp³-hybridized carbons (Fsp3) is 1.00. The topological polar surface area (TPSA) is 40.5 Å². The van der Waals surface area contributed by atoms with Gasteiger partial charge in [-0.3, -0.25) is 0 Å². The normalized spacial score (nSPS) is 22.2. The van der Waals surface area contributed by atoms with Crippen LogP contribution in [0.5, 0.6) is 0 Å². The molecule has 0 bridgehead atoms. The summed E-state index contributed by atoms with van der Waals surface area (Å²) in [6.07, 6.45) is -19.6. The highest BCUT2D eigenvalue weighted by Crippen LogP contribution is 2.26. The van der Waals surface area contributed by atoms with Gasteiger partial charge in [-0.1, -0.05) is 0 Å². The first kappa shape index (κ1) is 12.5. The van der Waals surface area contributed by atoms with Gasteiger partial charge in [0.15, 0.2) is 12.3 Å². The maximum Gasteiger partial charge on any atom is 0.387 e. The molecule has 0 saturated carbocycles. The summed E-state index contributed by atoms with van der Waals surface area (Å²) in [7, 11) is 0. The van der Waals surface area contributed by atoms with Crippen LogP contribution in [-0.4, -0.2) is 41.2 Å². The van der Waals surface area contributed by atoms with Gasteiger partial charge in [0.25, 0.3) is 0 Å². The SMILES string of the molecule is OC(F)C(F)C(F)C(F)C(O)(F)F. The van der Waals surface area contributed by atoms with Gasteiger partial charge in [0.2, 0.25) is 12.5 Å². The Morgan fingerprint density at radius 1 is 0.923 bits per heavy atom. The highest BCUT2D eigenvalue weighted by Gasteiger charge is 2.49. The summed E-state index contributed by atoms with van der Waals surface area (Å²) in [5.74, 6) is 0. The Hall–Kier alpha value is -0.500. The van der Waals surface area contributed by atoms with Gasteiger partial charge in [-0.2, -0.15) is 8.78 Å². The lowest BCUT2D eigenvalue weighted by atomic mass is 10.1. The average molecular weight is 212 g/mol. The molecule has 4 unspecified atom stereocenters. The molecule has 2 N–H and O–H groups in total. The van der Waals surface area contributed by atoms with E-state index in [4.69, 9.17) is 10.2 Å². The lowest BCUT2D eigenvalue weighted by Gasteiger charge is -2.20. The minimum Gasteiger partial charge on any atom is -0.362 e. The smallest absolute Gasteiger partial charge is 0.362 e. The zero-order valence-corrected chi connectivity index (χ0v) is 5.97. The second-order valence-corrected chi connectivity index (χ2v) is 2.25. The molecule has 0 fully saturated rings.